The van der Waals surface area contributed by atoms with Gasteiger partial charge in [0.1, 0.15) is 5.76 Å². The quantitative estimate of drug-likeness (QED) is 0.459. The van der Waals surface area contributed by atoms with Crippen LogP contribution in [0.3, 0.4) is 0 Å². The molecule has 2 rings (SSSR count). The number of nitro benzene ring substituents is 1. The molecular weight excluding hydrogens is 260 g/mol. The number of carbonyl (C=O) groups is 1. The number of rotatable bonds is 6. The number of hydrogen-bond acceptors (Lipinski definition) is 5. The number of nitrogens with zero attached hydrogens (tertiary/aromatic N) is 2. The van der Waals surface area contributed by atoms with Crippen molar-refractivity contribution in [3.63, 3.8) is 0 Å². The monoisotopic (exact) mass is 274 g/mol. The molecule has 6 heteroatoms. The molecule has 0 aliphatic carbocycles. The molecule has 1 aromatic heterocycles. The molecule has 0 amide bonds. The first kappa shape index (κ1) is 14.0. The number of carbonyl (C=O) groups excluding carboxylic acids is 1. The van der Waals surface area contributed by atoms with E-state index in [0.717, 1.165) is 5.76 Å². The summed E-state index contributed by atoms with van der Waals surface area (Å²) >= 11 is 0. The first-order chi connectivity index (χ1) is 9.56. The van der Waals surface area contributed by atoms with Crippen LogP contribution in [-0.4, -0.2) is 29.2 Å². The summed E-state index contributed by atoms with van der Waals surface area (Å²) in [6.45, 7) is 0.754. The van der Waals surface area contributed by atoms with E-state index in [9.17, 15) is 14.9 Å². The largest absolute Gasteiger partial charge is 0.468 e. The number of non-ortho nitro benzene ring substituents is 1. The summed E-state index contributed by atoms with van der Waals surface area (Å²) in [5, 5.41) is 10.5. The fourth-order valence-corrected chi connectivity index (χ4v) is 1.83. The minimum Gasteiger partial charge on any atom is -0.468 e. The van der Waals surface area contributed by atoms with Crippen molar-refractivity contribution in [3.8, 4) is 0 Å². The first-order valence-electron chi connectivity index (χ1n) is 6.05. The Morgan fingerprint density at radius 2 is 2.00 bits per heavy atom. The van der Waals surface area contributed by atoms with Crippen LogP contribution < -0.4 is 0 Å². The molecule has 0 N–H and O–H groups in total. The molecule has 0 fully saturated rings. The third kappa shape index (κ3) is 3.52. The number of Topliss-reactive ketones (excluding diaryl/α,β-unsaturated/α-hetero) is 1. The molecule has 1 heterocycles. The molecule has 0 radical (unpaired) electrons. The summed E-state index contributed by atoms with van der Waals surface area (Å²) in [6, 6.07) is 9.25. The second kappa shape index (κ2) is 6.12. The second-order valence-corrected chi connectivity index (χ2v) is 4.48. The van der Waals surface area contributed by atoms with Crippen LogP contribution in [0.15, 0.2) is 47.1 Å². The maximum atomic E-state index is 12.0. The topological polar surface area (TPSA) is 76.6 Å². The zero-order valence-electron chi connectivity index (χ0n) is 11.0. The van der Waals surface area contributed by atoms with Crippen LogP contribution in [0.25, 0.3) is 0 Å². The molecule has 104 valence electrons. The molecule has 6 nitrogen and oxygen atoms in total. The molecule has 0 saturated carbocycles. The SMILES string of the molecule is CN(CC(=O)c1ccc([N+](=O)[O-])cc1)Cc1ccco1. The Kier molecular flexibility index (Phi) is 4.27. The van der Waals surface area contributed by atoms with Gasteiger partial charge in [-0.2, -0.15) is 0 Å². The van der Waals surface area contributed by atoms with Gasteiger partial charge >= 0.3 is 0 Å². The summed E-state index contributed by atoms with van der Waals surface area (Å²) in [6.07, 6.45) is 1.58. The Morgan fingerprint density at radius 3 is 2.55 bits per heavy atom. The minimum absolute atomic E-state index is 0.0227. The van der Waals surface area contributed by atoms with Gasteiger partial charge in [0.15, 0.2) is 5.78 Å². The molecule has 0 aliphatic heterocycles. The Hall–Kier alpha value is -2.47. The summed E-state index contributed by atoms with van der Waals surface area (Å²) in [5.41, 5.74) is 0.437. The van der Waals surface area contributed by atoms with E-state index in [4.69, 9.17) is 4.42 Å². The van der Waals surface area contributed by atoms with Gasteiger partial charge in [0.2, 0.25) is 0 Å². The van der Waals surface area contributed by atoms with E-state index >= 15 is 0 Å². The van der Waals surface area contributed by atoms with E-state index in [1.165, 1.54) is 24.3 Å². The number of ketones is 1. The zero-order valence-corrected chi connectivity index (χ0v) is 11.0. The van der Waals surface area contributed by atoms with Gasteiger partial charge in [-0.15, -0.1) is 0 Å². The third-order valence-corrected chi connectivity index (χ3v) is 2.82. The van der Waals surface area contributed by atoms with E-state index in [1.54, 1.807) is 12.3 Å². The van der Waals surface area contributed by atoms with Crippen molar-refractivity contribution in [1.82, 2.24) is 4.90 Å². The molecule has 0 unspecified atom stereocenters. The van der Waals surface area contributed by atoms with E-state index in [-0.39, 0.29) is 18.0 Å². The number of benzene rings is 1. The van der Waals surface area contributed by atoms with Gasteiger partial charge in [0.25, 0.3) is 5.69 Å². The van der Waals surface area contributed by atoms with Crippen molar-refractivity contribution in [3.05, 3.63) is 64.1 Å². The van der Waals surface area contributed by atoms with Crippen molar-refractivity contribution < 1.29 is 14.1 Å². The van der Waals surface area contributed by atoms with Crippen molar-refractivity contribution in [2.45, 2.75) is 6.54 Å². The van der Waals surface area contributed by atoms with Crippen molar-refractivity contribution >= 4 is 11.5 Å². The Balaban J connectivity index is 1.95. The number of nitro groups is 1. The average molecular weight is 274 g/mol. The fourth-order valence-electron chi connectivity index (χ4n) is 1.83. The molecule has 1 aromatic carbocycles. The lowest BCUT2D eigenvalue weighted by molar-refractivity contribution is -0.384. The summed E-state index contributed by atoms with van der Waals surface area (Å²) in [5.74, 6) is 0.693. The highest BCUT2D eigenvalue weighted by Gasteiger charge is 2.12. The molecule has 0 bridgehead atoms. The van der Waals surface area contributed by atoms with Crippen LogP contribution in [0.2, 0.25) is 0 Å². The van der Waals surface area contributed by atoms with Gasteiger partial charge in [-0.25, -0.2) is 0 Å². The molecule has 0 spiro atoms. The molecular formula is C14H14N2O4. The predicted molar refractivity (Wildman–Crippen MR) is 72.5 cm³/mol. The highest BCUT2D eigenvalue weighted by atomic mass is 16.6. The van der Waals surface area contributed by atoms with Crippen LogP contribution in [0.1, 0.15) is 16.1 Å². The van der Waals surface area contributed by atoms with Gasteiger partial charge < -0.3 is 4.42 Å². The van der Waals surface area contributed by atoms with Crippen LogP contribution in [0, 0.1) is 10.1 Å². The zero-order chi connectivity index (χ0) is 14.5. The highest BCUT2D eigenvalue weighted by Crippen LogP contribution is 2.13. The molecule has 0 saturated heterocycles. The molecule has 0 aliphatic rings. The number of likely N-dealkylation sites (N-methyl/N-ethyl adjacent to an activating group) is 1. The first-order valence-corrected chi connectivity index (χ1v) is 6.05. The van der Waals surface area contributed by atoms with Gasteiger partial charge in [0, 0.05) is 17.7 Å². The van der Waals surface area contributed by atoms with E-state index in [0.29, 0.717) is 12.1 Å². The lowest BCUT2D eigenvalue weighted by Gasteiger charge is -2.13. The van der Waals surface area contributed by atoms with E-state index in [1.807, 2.05) is 18.0 Å². The fraction of sp³-hybridized carbons (Fsp3) is 0.214. The Labute approximate surface area is 115 Å². The normalized spacial score (nSPS) is 10.7. The molecule has 20 heavy (non-hydrogen) atoms. The van der Waals surface area contributed by atoms with Gasteiger partial charge in [-0.3, -0.25) is 19.8 Å². The van der Waals surface area contributed by atoms with E-state index in [2.05, 4.69) is 0 Å². The van der Waals surface area contributed by atoms with Crippen LogP contribution in [0.5, 0.6) is 0 Å². The van der Waals surface area contributed by atoms with Gasteiger partial charge in [-0.1, -0.05) is 0 Å². The summed E-state index contributed by atoms with van der Waals surface area (Å²) < 4.78 is 5.21. The molecule has 0 atom stereocenters. The van der Waals surface area contributed by atoms with E-state index < -0.39 is 4.92 Å². The Morgan fingerprint density at radius 1 is 1.30 bits per heavy atom. The van der Waals surface area contributed by atoms with Crippen LogP contribution >= 0.6 is 0 Å². The van der Waals surface area contributed by atoms with Crippen molar-refractivity contribution in [1.29, 1.82) is 0 Å². The highest BCUT2D eigenvalue weighted by molar-refractivity contribution is 5.97. The van der Waals surface area contributed by atoms with Gasteiger partial charge in [-0.05, 0) is 31.3 Å². The number of hydrogen-bond donors (Lipinski definition) is 0. The van der Waals surface area contributed by atoms with Gasteiger partial charge in [0.05, 0.1) is 24.3 Å². The maximum Gasteiger partial charge on any atom is 0.269 e. The van der Waals surface area contributed by atoms with Crippen molar-refractivity contribution in [2.24, 2.45) is 0 Å². The Bertz CT molecular complexity index is 590. The van der Waals surface area contributed by atoms with Crippen LogP contribution in [-0.2, 0) is 6.54 Å². The second-order valence-electron chi connectivity index (χ2n) is 4.48. The standard InChI is InChI=1S/C14H14N2O4/c1-15(9-13-3-2-8-20-13)10-14(17)11-4-6-12(7-5-11)16(18)19/h2-8H,9-10H2,1H3. The lowest BCUT2D eigenvalue weighted by Crippen LogP contribution is -2.25. The summed E-state index contributed by atoms with van der Waals surface area (Å²) in [4.78, 5) is 23.9. The maximum absolute atomic E-state index is 12.0. The smallest absolute Gasteiger partial charge is 0.269 e. The third-order valence-electron chi connectivity index (χ3n) is 2.82. The van der Waals surface area contributed by atoms with Crippen molar-refractivity contribution in [2.75, 3.05) is 13.6 Å². The summed E-state index contributed by atoms with van der Waals surface area (Å²) in [7, 11) is 1.81. The average Bonchev–Trinajstić information content (AvgIpc) is 2.91. The molecule has 2 aromatic rings. The lowest BCUT2D eigenvalue weighted by atomic mass is 10.1. The van der Waals surface area contributed by atoms with Crippen LogP contribution in [0.4, 0.5) is 5.69 Å². The number of furan rings is 1. The minimum atomic E-state index is -0.489. The predicted octanol–water partition coefficient (Wildman–Crippen LogP) is 2.50.